The largest absolute Gasteiger partial charge is 0.497 e. The van der Waals surface area contributed by atoms with Gasteiger partial charge in [-0.1, -0.05) is 12.1 Å². The predicted molar refractivity (Wildman–Crippen MR) is 113 cm³/mol. The van der Waals surface area contributed by atoms with Gasteiger partial charge < -0.3 is 14.2 Å². The van der Waals surface area contributed by atoms with Gasteiger partial charge in [0.05, 0.1) is 30.4 Å². The highest BCUT2D eigenvalue weighted by Gasteiger charge is 2.35. The molecule has 1 unspecified atom stereocenters. The lowest BCUT2D eigenvalue weighted by molar-refractivity contribution is 0.0560. The van der Waals surface area contributed by atoms with Gasteiger partial charge in [0.15, 0.2) is 0 Å². The van der Waals surface area contributed by atoms with E-state index in [-0.39, 0.29) is 12.1 Å². The monoisotopic (exact) mass is 447 g/mol. The van der Waals surface area contributed by atoms with Crippen LogP contribution in [0.2, 0.25) is 0 Å². The number of nitrogens with zero attached hydrogens (tertiary/aromatic N) is 1. The number of carbonyl (C=O) groups excluding carboxylic acids is 1. The first-order chi connectivity index (χ1) is 13.2. The summed E-state index contributed by atoms with van der Waals surface area (Å²) in [5.74, 6) is 1.47. The van der Waals surface area contributed by atoms with Crippen molar-refractivity contribution < 1.29 is 19.0 Å². The number of aryl methyl sites for hydroxylation is 1. The number of benzene rings is 2. The topological polar surface area (TPSA) is 48.0 Å². The minimum Gasteiger partial charge on any atom is -0.497 e. The maximum absolute atomic E-state index is 13.2. The Bertz CT molecular complexity index is 858. The van der Waals surface area contributed by atoms with Crippen LogP contribution in [0.3, 0.4) is 0 Å². The van der Waals surface area contributed by atoms with E-state index in [4.69, 9.17) is 14.2 Å². The summed E-state index contributed by atoms with van der Waals surface area (Å²) in [6.07, 6.45) is 1.30. The van der Waals surface area contributed by atoms with Gasteiger partial charge in [0.1, 0.15) is 17.1 Å². The number of rotatable bonds is 3. The third-order valence-electron chi connectivity index (χ3n) is 4.70. The van der Waals surface area contributed by atoms with E-state index in [1.54, 1.807) is 19.1 Å². The SMILES string of the molecule is COc1ccc(C2CCc3cc(Br)c(OC)cc3N2C(=O)OC(C)(C)C)cc1. The average Bonchev–Trinajstić information content (AvgIpc) is 2.65. The summed E-state index contributed by atoms with van der Waals surface area (Å²) in [5, 5.41) is 0. The molecule has 2 aromatic rings. The molecule has 0 aromatic heterocycles. The number of ether oxygens (including phenoxy) is 3. The maximum atomic E-state index is 13.2. The van der Waals surface area contributed by atoms with Gasteiger partial charge in [0, 0.05) is 6.07 Å². The molecule has 1 amide bonds. The van der Waals surface area contributed by atoms with Crippen LogP contribution in [0.5, 0.6) is 11.5 Å². The fourth-order valence-electron chi connectivity index (χ4n) is 3.43. The Balaban J connectivity index is 2.07. The van der Waals surface area contributed by atoms with Crippen molar-refractivity contribution in [2.75, 3.05) is 19.1 Å². The number of carbonyl (C=O) groups is 1. The lowest BCUT2D eigenvalue weighted by Crippen LogP contribution is -2.42. The Labute approximate surface area is 174 Å². The molecule has 0 aliphatic carbocycles. The molecule has 1 aliphatic heterocycles. The molecule has 3 rings (SSSR count). The number of halogens is 1. The van der Waals surface area contributed by atoms with Crippen molar-refractivity contribution in [1.29, 1.82) is 0 Å². The fourth-order valence-corrected chi connectivity index (χ4v) is 3.99. The highest BCUT2D eigenvalue weighted by atomic mass is 79.9. The molecule has 28 heavy (non-hydrogen) atoms. The molecule has 0 fully saturated rings. The van der Waals surface area contributed by atoms with Crippen LogP contribution in [0.25, 0.3) is 0 Å². The van der Waals surface area contributed by atoms with Gasteiger partial charge in [0.25, 0.3) is 0 Å². The second kappa shape index (κ2) is 8.03. The van der Waals surface area contributed by atoms with Crippen molar-refractivity contribution in [3.63, 3.8) is 0 Å². The average molecular weight is 448 g/mol. The molecular weight excluding hydrogens is 422 g/mol. The van der Waals surface area contributed by atoms with Crippen LogP contribution in [0, 0.1) is 0 Å². The van der Waals surface area contributed by atoms with E-state index in [9.17, 15) is 4.79 Å². The Kier molecular flexibility index (Phi) is 5.89. The van der Waals surface area contributed by atoms with Crippen LogP contribution in [0.1, 0.15) is 44.4 Å². The number of amides is 1. The van der Waals surface area contributed by atoms with E-state index in [1.165, 1.54) is 0 Å². The summed E-state index contributed by atoms with van der Waals surface area (Å²) in [4.78, 5) is 14.9. The Morgan fingerprint density at radius 2 is 1.79 bits per heavy atom. The molecule has 0 spiro atoms. The highest BCUT2D eigenvalue weighted by Crippen LogP contribution is 2.43. The van der Waals surface area contributed by atoms with Gasteiger partial charge >= 0.3 is 6.09 Å². The third kappa shape index (κ3) is 4.27. The lowest BCUT2D eigenvalue weighted by atomic mass is 9.91. The Hall–Kier alpha value is -2.21. The van der Waals surface area contributed by atoms with Crippen LogP contribution in [0.4, 0.5) is 10.5 Å². The zero-order valence-corrected chi connectivity index (χ0v) is 18.5. The first kappa shape index (κ1) is 20.5. The van der Waals surface area contributed by atoms with Gasteiger partial charge in [-0.25, -0.2) is 4.79 Å². The number of hydrogen-bond donors (Lipinski definition) is 0. The second-order valence-electron chi connectivity index (χ2n) is 7.79. The standard InChI is InChI=1S/C22H26BrNO4/c1-22(2,3)28-21(25)24-18(14-6-9-16(26-4)10-7-14)11-8-15-12-17(23)20(27-5)13-19(15)24/h6-7,9-10,12-13,18H,8,11H2,1-5H3. The maximum Gasteiger partial charge on any atom is 0.415 e. The number of methoxy groups -OCH3 is 2. The molecule has 0 radical (unpaired) electrons. The summed E-state index contributed by atoms with van der Waals surface area (Å²) >= 11 is 3.54. The fraction of sp³-hybridized carbons (Fsp3) is 0.409. The van der Waals surface area contributed by atoms with E-state index < -0.39 is 5.60 Å². The molecular formula is C22H26BrNO4. The van der Waals surface area contributed by atoms with Gasteiger partial charge in [-0.05, 0) is 78.9 Å². The molecule has 1 atom stereocenters. The number of anilines is 1. The molecule has 0 N–H and O–H groups in total. The van der Waals surface area contributed by atoms with Crippen molar-refractivity contribution in [1.82, 2.24) is 0 Å². The van der Waals surface area contributed by atoms with E-state index in [0.717, 1.165) is 39.9 Å². The molecule has 150 valence electrons. The summed E-state index contributed by atoms with van der Waals surface area (Å²) in [5.41, 5.74) is 2.36. The predicted octanol–water partition coefficient (Wildman–Crippen LogP) is 5.90. The molecule has 1 aliphatic rings. The quantitative estimate of drug-likeness (QED) is 0.587. The van der Waals surface area contributed by atoms with Gasteiger partial charge in [0.2, 0.25) is 0 Å². The van der Waals surface area contributed by atoms with E-state index in [0.29, 0.717) is 5.75 Å². The minimum absolute atomic E-state index is 0.126. The van der Waals surface area contributed by atoms with Crippen molar-refractivity contribution in [3.8, 4) is 11.5 Å². The summed E-state index contributed by atoms with van der Waals surface area (Å²) < 4.78 is 17.4. The van der Waals surface area contributed by atoms with E-state index >= 15 is 0 Å². The summed E-state index contributed by atoms with van der Waals surface area (Å²) in [6.45, 7) is 5.63. The number of fused-ring (bicyclic) bond motifs is 1. The Morgan fingerprint density at radius 3 is 2.36 bits per heavy atom. The summed E-state index contributed by atoms with van der Waals surface area (Å²) in [6, 6.07) is 11.6. The third-order valence-corrected chi connectivity index (χ3v) is 5.32. The zero-order valence-electron chi connectivity index (χ0n) is 16.9. The molecule has 1 heterocycles. The van der Waals surface area contributed by atoms with Crippen LogP contribution < -0.4 is 14.4 Å². The summed E-state index contributed by atoms with van der Waals surface area (Å²) in [7, 11) is 3.26. The molecule has 6 heteroatoms. The van der Waals surface area contributed by atoms with Crippen molar-refractivity contribution in [3.05, 3.63) is 52.0 Å². The van der Waals surface area contributed by atoms with Crippen LogP contribution >= 0.6 is 15.9 Å². The smallest absolute Gasteiger partial charge is 0.415 e. The van der Waals surface area contributed by atoms with Crippen LogP contribution in [-0.2, 0) is 11.2 Å². The van der Waals surface area contributed by atoms with Crippen molar-refractivity contribution in [2.45, 2.75) is 45.3 Å². The first-order valence-corrected chi connectivity index (χ1v) is 10.1. The molecule has 0 saturated carbocycles. The molecule has 0 saturated heterocycles. The molecule has 2 aromatic carbocycles. The van der Waals surface area contributed by atoms with Gasteiger partial charge in [-0.15, -0.1) is 0 Å². The van der Waals surface area contributed by atoms with Crippen LogP contribution in [-0.4, -0.2) is 25.9 Å². The van der Waals surface area contributed by atoms with E-state index in [2.05, 4.69) is 15.9 Å². The van der Waals surface area contributed by atoms with Crippen molar-refractivity contribution >= 4 is 27.7 Å². The highest BCUT2D eigenvalue weighted by molar-refractivity contribution is 9.10. The van der Waals surface area contributed by atoms with Crippen molar-refractivity contribution in [2.24, 2.45) is 0 Å². The van der Waals surface area contributed by atoms with E-state index in [1.807, 2.05) is 57.2 Å². The zero-order chi connectivity index (χ0) is 20.5. The molecule has 5 nitrogen and oxygen atoms in total. The normalized spacial score (nSPS) is 16.4. The molecule has 0 bridgehead atoms. The van der Waals surface area contributed by atoms with Gasteiger partial charge in [-0.3, -0.25) is 4.90 Å². The first-order valence-electron chi connectivity index (χ1n) is 9.26. The van der Waals surface area contributed by atoms with Crippen LogP contribution in [0.15, 0.2) is 40.9 Å². The van der Waals surface area contributed by atoms with Gasteiger partial charge in [-0.2, -0.15) is 0 Å². The Morgan fingerprint density at radius 1 is 1.11 bits per heavy atom. The minimum atomic E-state index is -0.585. The lowest BCUT2D eigenvalue weighted by Gasteiger charge is -2.38. The number of hydrogen-bond acceptors (Lipinski definition) is 4. The second-order valence-corrected chi connectivity index (χ2v) is 8.65.